The van der Waals surface area contributed by atoms with Crippen molar-refractivity contribution in [2.45, 2.75) is 19.6 Å². The van der Waals surface area contributed by atoms with E-state index in [9.17, 15) is 9.59 Å². The summed E-state index contributed by atoms with van der Waals surface area (Å²) in [5, 5.41) is 5.62. The lowest BCUT2D eigenvalue weighted by molar-refractivity contribution is -0.138. The van der Waals surface area contributed by atoms with Crippen LogP contribution in [0.2, 0.25) is 0 Å². The molecule has 1 aliphatic rings. The predicted octanol–water partition coefficient (Wildman–Crippen LogP) is 4.60. The smallest absolute Gasteiger partial charge is 0.338 e. The Balaban J connectivity index is 1.71. The maximum atomic E-state index is 13.0. The van der Waals surface area contributed by atoms with Gasteiger partial charge in [0, 0.05) is 0 Å². The number of esters is 1. The van der Waals surface area contributed by atoms with Crippen molar-refractivity contribution in [2.75, 3.05) is 13.7 Å². The van der Waals surface area contributed by atoms with E-state index in [0.717, 1.165) is 5.56 Å². The molecule has 34 heavy (non-hydrogen) atoms. The van der Waals surface area contributed by atoms with E-state index < -0.39 is 18.0 Å². The third kappa shape index (κ3) is 5.04. The van der Waals surface area contributed by atoms with E-state index in [-0.39, 0.29) is 6.61 Å². The quantitative estimate of drug-likeness (QED) is 0.482. The van der Waals surface area contributed by atoms with Gasteiger partial charge in [0.05, 0.1) is 31.0 Å². The Labute approximate surface area is 198 Å². The van der Waals surface area contributed by atoms with Crippen molar-refractivity contribution >= 4 is 17.7 Å². The van der Waals surface area contributed by atoms with Crippen LogP contribution in [0.3, 0.4) is 0 Å². The summed E-state index contributed by atoms with van der Waals surface area (Å²) < 4.78 is 16.9. The van der Waals surface area contributed by atoms with Crippen LogP contribution in [0.5, 0.6) is 11.5 Å². The first-order valence-corrected chi connectivity index (χ1v) is 11.0. The van der Waals surface area contributed by atoms with Crippen molar-refractivity contribution in [3.63, 3.8) is 0 Å². The highest BCUT2D eigenvalue weighted by Crippen LogP contribution is 2.36. The number of ether oxygens (including phenoxy) is 3. The molecule has 1 heterocycles. The van der Waals surface area contributed by atoms with Gasteiger partial charge < -0.3 is 24.8 Å². The fourth-order valence-electron chi connectivity index (χ4n) is 3.79. The van der Waals surface area contributed by atoms with Crippen molar-refractivity contribution in [3.05, 3.63) is 101 Å². The van der Waals surface area contributed by atoms with E-state index >= 15 is 0 Å². The zero-order valence-electron chi connectivity index (χ0n) is 19.0. The van der Waals surface area contributed by atoms with Crippen molar-refractivity contribution in [2.24, 2.45) is 0 Å². The molecular weight excluding hydrogens is 432 g/mol. The van der Waals surface area contributed by atoms with Crippen LogP contribution < -0.4 is 20.1 Å². The molecule has 2 N–H and O–H groups in total. The molecule has 0 bridgehead atoms. The maximum absolute atomic E-state index is 13.0. The minimum Gasteiger partial charge on any atom is -0.493 e. The molecule has 0 spiro atoms. The molecule has 0 radical (unpaired) electrons. The number of carbonyl (C=O) groups is 2. The standard InChI is InChI=1S/C27H26N2O5/c1-3-33-26(30)23-24(19-12-8-5-9-13-19)28-27(31)29-25(23)20-14-15-21(22(16-20)32-2)34-17-18-10-6-4-7-11-18/h4-16,25H,3,17H2,1-2H3,(H2,28,29,31)/t25-/m1/s1. The summed E-state index contributed by atoms with van der Waals surface area (Å²) in [7, 11) is 1.55. The van der Waals surface area contributed by atoms with Crippen molar-refractivity contribution in [1.82, 2.24) is 10.6 Å². The molecule has 2 amide bonds. The minimum absolute atomic E-state index is 0.209. The number of rotatable bonds is 8. The van der Waals surface area contributed by atoms with Crippen molar-refractivity contribution < 1.29 is 23.8 Å². The number of hydrogen-bond acceptors (Lipinski definition) is 5. The Morgan fingerprint density at radius 1 is 0.941 bits per heavy atom. The molecule has 3 aromatic carbocycles. The molecule has 1 aliphatic heterocycles. The molecule has 174 valence electrons. The van der Waals surface area contributed by atoms with E-state index in [1.54, 1.807) is 32.2 Å². The van der Waals surface area contributed by atoms with Crippen LogP contribution in [0.15, 0.2) is 84.4 Å². The van der Waals surface area contributed by atoms with Gasteiger partial charge in [-0.2, -0.15) is 0 Å². The number of amides is 2. The molecule has 0 saturated heterocycles. The Morgan fingerprint density at radius 3 is 2.32 bits per heavy atom. The topological polar surface area (TPSA) is 85.9 Å². The highest BCUT2D eigenvalue weighted by atomic mass is 16.5. The third-order valence-electron chi connectivity index (χ3n) is 5.39. The summed E-state index contributed by atoms with van der Waals surface area (Å²) in [6.45, 7) is 2.33. The molecular formula is C27H26N2O5. The SMILES string of the molecule is CCOC(=O)C1=C(c2ccccc2)NC(=O)N[C@@H]1c1ccc(OCc2ccccc2)c(OC)c1. The lowest BCUT2D eigenvalue weighted by atomic mass is 9.92. The molecule has 4 rings (SSSR count). The van der Waals surface area contributed by atoms with E-state index in [0.29, 0.717) is 40.5 Å². The van der Waals surface area contributed by atoms with Gasteiger partial charge in [0.1, 0.15) is 6.61 Å². The number of nitrogens with one attached hydrogen (secondary N) is 2. The fraction of sp³-hybridized carbons (Fsp3) is 0.185. The van der Waals surface area contributed by atoms with E-state index in [4.69, 9.17) is 14.2 Å². The number of hydrogen-bond donors (Lipinski definition) is 2. The minimum atomic E-state index is -0.736. The van der Waals surface area contributed by atoms with E-state index in [2.05, 4.69) is 10.6 Å². The van der Waals surface area contributed by atoms with Gasteiger partial charge in [0.25, 0.3) is 0 Å². The Morgan fingerprint density at radius 2 is 1.65 bits per heavy atom. The average Bonchev–Trinajstić information content (AvgIpc) is 2.88. The first-order chi connectivity index (χ1) is 16.6. The first kappa shape index (κ1) is 22.9. The number of urea groups is 1. The summed E-state index contributed by atoms with van der Waals surface area (Å²) in [4.78, 5) is 25.6. The number of methoxy groups -OCH3 is 1. The van der Waals surface area contributed by atoms with Crippen LogP contribution in [0.1, 0.15) is 29.7 Å². The number of benzene rings is 3. The summed E-state index contributed by atoms with van der Waals surface area (Å²) in [6.07, 6.45) is 0. The van der Waals surface area contributed by atoms with Crippen LogP contribution >= 0.6 is 0 Å². The lowest BCUT2D eigenvalue weighted by Gasteiger charge is -2.30. The largest absolute Gasteiger partial charge is 0.493 e. The molecule has 7 heteroatoms. The van der Waals surface area contributed by atoms with Gasteiger partial charge in [-0.05, 0) is 35.7 Å². The molecule has 0 unspecified atom stereocenters. The van der Waals surface area contributed by atoms with E-state index in [1.165, 1.54) is 0 Å². The molecule has 3 aromatic rings. The molecule has 0 saturated carbocycles. The second-order valence-corrected chi connectivity index (χ2v) is 7.59. The highest BCUT2D eigenvalue weighted by molar-refractivity contribution is 6.04. The molecule has 7 nitrogen and oxygen atoms in total. The first-order valence-electron chi connectivity index (χ1n) is 11.0. The normalized spacial score (nSPS) is 15.2. The predicted molar refractivity (Wildman–Crippen MR) is 128 cm³/mol. The average molecular weight is 459 g/mol. The van der Waals surface area contributed by atoms with Crippen LogP contribution in [-0.2, 0) is 16.1 Å². The maximum Gasteiger partial charge on any atom is 0.338 e. The highest BCUT2D eigenvalue weighted by Gasteiger charge is 2.34. The molecule has 1 atom stereocenters. The summed E-state index contributed by atoms with van der Waals surface area (Å²) >= 11 is 0. The van der Waals surface area contributed by atoms with Gasteiger partial charge in [-0.3, -0.25) is 0 Å². The molecule has 0 fully saturated rings. The third-order valence-corrected chi connectivity index (χ3v) is 5.39. The van der Waals surface area contributed by atoms with Gasteiger partial charge in [0.2, 0.25) is 0 Å². The monoisotopic (exact) mass is 458 g/mol. The molecule has 0 aliphatic carbocycles. The van der Waals surface area contributed by atoms with Crippen molar-refractivity contribution in [3.8, 4) is 11.5 Å². The molecule has 0 aromatic heterocycles. The van der Waals surface area contributed by atoms with Gasteiger partial charge >= 0.3 is 12.0 Å². The van der Waals surface area contributed by atoms with Crippen LogP contribution in [-0.4, -0.2) is 25.7 Å². The summed E-state index contributed by atoms with van der Waals surface area (Å²) in [6, 6.07) is 23.2. The van der Waals surface area contributed by atoms with Crippen molar-refractivity contribution in [1.29, 1.82) is 0 Å². The van der Waals surface area contributed by atoms with E-state index in [1.807, 2.05) is 60.7 Å². The fourth-order valence-corrected chi connectivity index (χ4v) is 3.79. The second-order valence-electron chi connectivity index (χ2n) is 7.59. The van der Waals surface area contributed by atoms with Crippen LogP contribution in [0.25, 0.3) is 5.70 Å². The Bertz CT molecular complexity index is 1190. The van der Waals surface area contributed by atoms with Gasteiger partial charge in [-0.15, -0.1) is 0 Å². The summed E-state index contributed by atoms with van der Waals surface area (Å²) in [5.41, 5.74) is 3.12. The summed E-state index contributed by atoms with van der Waals surface area (Å²) in [5.74, 6) is 0.535. The lowest BCUT2D eigenvalue weighted by Crippen LogP contribution is -2.45. The number of carbonyl (C=O) groups excluding carboxylic acids is 2. The zero-order valence-corrected chi connectivity index (χ0v) is 19.0. The zero-order chi connectivity index (χ0) is 23.9. The Hall–Kier alpha value is -4.26. The van der Waals surface area contributed by atoms with Gasteiger partial charge in [-0.25, -0.2) is 9.59 Å². The van der Waals surface area contributed by atoms with Gasteiger partial charge in [-0.1, -0.05) is 66.7 Å². The van der Waals surface area contributed by atoms with Crippen LogP contribution in [0.4, 0.5) is 4.79 Å². The van der Waals surface area contributed by atoms with Crippen LogP contribution in [0, 0.1) is 0 Å². The van der Waals surface area contributed by atoms with Gasteiger partial charge in [0.15, 0.2) is 11.5 Å². The Kier molecular flexibility index (Phi) is 7.13. The second kappa shape index (κ2) is 10.6.